The molecule has 6 nitrogen and oxygen atoms in total. The third-order valence-electron chi connectivity index (χ3n) is 5.44. The minimum absolute atomic E-state index is 0.167. The number of likely N-dealkylation sites (tertiary alicyclic amines) is 1. The van der Waals surface area contributed by atoms with E-state index in [-0.39, 0.29) is 11.8 Å². The molecule has 146 valence electrons. The van der Waals surface area contributed by atoms with Gasteiger partial charge in [-0.1, -0.05) is 37.3 Å². The van der Waals surface area contributed by atoms with E-state index in [1.807, 2.05) is 34.2 Å². The van der Waals surface area contributed by atoms with Crippen molar-refractivity contribution in [3.05, 3.63) is 48.2 Å². The molecule has 1 amide bonds. The van der Waals surface area contributed by atoms with Crippen LogP contribution < -0.4 is 0 Å². The van der Waals surface area contributed by atoms with E-state index in [0.29, 0.717) is 51.5 Å². The Hall–Kier alpha value is -2.34. The lowest BCUT2D eigenvalue weighted by Crippen LogP contribution is -2.51. The minimum Gasteiger partial charge on any atom is -0.481 e. The van der Waals surface area contributed by atoms with Gasteiger partial charge in [-0.25, -0.2) is 4.99 Å². The normalized spacial score (nSPS) is 20.2. The highest BCUT2D eigenvalue weighted by molar-refractivity contribution is 5.87. The van der Waals surface area contributed by atoms with Crippen LogP contribution in [0.1, 0.15) is 37.7 Å². The third-order valence-corrected chi connectivity index (χ3v) is 5.44. The molecule has 1 aromatic rings. The van der Waals surface area contributed by atoms with Gasteiger partial charge < -0.3 is 19.6 Å². The highest BCUT2D eigenvalue weighted by Gasteiger charge is 2.35. The Labute approximate surface area is 161 Å². The molecule has 0 aliphatic carbocycles. The second kappa shape index (κ2) is 8.57. The van der Waals surface area contributed by atoms with Gasteiger partial charge in [0.1, 0.15) is 6.67 Å². The summed E-state index contributed by atoms with van der Waals surface area (Å²) < 4.78 is 5.09. The van der Waals surface area contributed by atoms with Crippen LogP contribution in [0.4, 0.5) is 0 Å². The van der Waals surface area contributed by atoms with Gasteiger partial charge in [0.25, 0.3) is 0 Å². The van der Waals surface area contributed by atoms with Gasteiger partial charge in [0.05, 0.1) is 12.7 Å². The predicted molar refractivity (Wildman–Crippen MR) is 105 cm³/mol. The van der Waals surface area contributed by atoms with E-state index >= 15 is 0 Å². The van der Waals surface area contributed by atoms with Crippen LogP contribution in [-0.2, 0) is 9.53 Å². The van der Waals surface area contributed by atoms with Crippen LogP contribution in [0.15, 0.2) is 47.6 Å². The lowest BCUT2D eigenvalue weighted by Gasteiger charge is -2.41. The molecule has 2 aliphatic rings. The Morgan fingerprint density at radius 2 is 2.00 bits per heavy atom. The number of amides is 1. The van der Waals surface area contributed by atoms with Crippen molar-refractivity contribution in [2.24, 2.45) is 4.99 Å². The standard InChI is InChI=1S/C21H29N3O3/c1-17(18-6-4-3-5-7-18)14-20(25)24-12-9-21(26,10-13-24)15-23-11-8-19(27-2)22-16-23/h3-8,11,17,26H,9-10,12-16H2,1-2H3. The van der Waals surface area contributed by atoms with Crippen LogP contribution in [0.2, 0.25) is 0 Å². The molecule has 2 heterocycles. The molecule has 1 atom stereocenters. The number of methoxy groups -OCH3 is 1. The van der Waals surface area contributed by atoms with E-state index in [0.717, 1.165) is 0 Å². The van der Waals surface area contributed by atoms with E-state index in [1.165, 1.54) is 5.56 Å². The Kier molecular flexibility index (Phi) is 6.16. The van der Waals surface area contributed by atoms with Crippen LogP contribution in [0.3, 0.4) is 0 Å². The number of carbonyl (C=O) groups excluding carboxylic acids is 1. The largest absolute Gasteiger partial charge is 0.481 e. The Bertz CT molecular complexity index is 694. The second-order valence-corrected chi connectivity index (χ2v) is 7.53. The SMILES string of the molecule is COC1=NCN(CC2(O)CCN(C(=O)CC(C)c3ccccc3)CC2)C=C1. The maximum absolute atomic E-state index is 12.6. The van der Waals surface area contributed by atoms with Crippen LogP contribution >= 0.6 is 0 Å². The molecule has 6 heteroatoms. The molecule has 1 fully saturated rings. The topological polar surface area (TPSA) is 65.4 Å². The highest BCUT2D eigenvalue weighted by atomic mass is 16.5. The number of aliphatic hydroxyl groups is 1. The summed E-state index contributed by atoms with van der Waals surface area (Å²) in [6.45, 7) is 4.29. The van der Waals surface area contributed by atoms with Gasteiger partial charge >= 0.3 is 0 Å². The van der Waals surface area contributed by atoms with Gasteiger partial charge in [-0.2, -0.15) is 0 Å². The zero-order chi connectivity index (χ0) is 19.3. The maximum Gasteiger partial charge on any atom is 0.223 e. The van der Waals surface area contributed by atoms with E-state index in [2.05, 4.69) is 24.0 Å². The number of rotatable bonds is 5. The maximum atomic E-state index is 12.6. The van der Waals surface area contributed by atoms with E-state index in [4.69, 9.17) is 4.74 Å². The van der Waals surface area contributed by atoms with Gasteiger partial charge in [0, 0.05) is 38.3 Å². The number of hydrogen-bond donors (Lipinski definition) is 1. The first-order chi connectivity index (χ1) is 13.0. The molecule has 3 rings (SSSR count). The fraction of sp³-hybridized carbons (Fsp3) is 0.524. The fourth-order valence-electron chi connectivity index (χ4n) is 3.66. The van der Waals surface area contributed by atoms with Crippen molar-refractivity contribution in [2.45, 2.75) is 37.7 Å². The first kappa shape index (κ1) is 19.4. The smallest absolute Gasteiger partial charge is 0.223 e. The first-order valence-corrected chi connectivity index (χ1v) is 9.55. The number of ether oxygens (including phenoxy) is 1. The number of β-amino-alcohol motifs (C(OH)–C–C–N with tert-alkyl or cyclic N) is 1. The molecule has 0 spiro atoms. The van der Waals surface area contributed by atoms with Gasteiger partial charge in [0.15, 0.2) is 0 Å². The van der Waals surface area contributed by atoms with Gasteiger partial charge in [-0.3, -0.25) is 4.79 Å². The summed E-state index contributed by atoms with van der Waals surface area (Å²) in [5, 5.41) is 10.9. The average molecular weight is 371 g/mol. The van der Waals surface area contributed by atoms with Crippen molar-refractivity contribution in [3.8, 4) is 0 Å². The zero-order valence-electron chi connectivity index (χ0n) is 16.2. The predicted octanol–water partition coefficient (Wildman–Crippen LogP) is 2.37. The molecule has 0 radical (unpaired) electrons. The van der Waals surface area contributed by atoms with Crippen LogP contribution in [0.25, 0.3) is 0 Å². The molecule has 1 N–H and O–H groups in total. The molecule has 2 aliphatic heterocycles. The number of piperidine rings is 1. The first-order valence-electron chi connectivity index (χ1n) is 9.55. The van der Waals surface area contributed by atoms with Crippen LogP contribution in [0, 0.1) is 0 Å². The van der Waals surface area contributed by atoms with Crippen LogP contribution in [0.5, 0.6) is 0 Å². The average Bonchev–Trinajstić information content (AvgIpc) is 2.69. The molecule has 1 unspecified atom stereocenters. The number of hydrogen-bond acceptors (Lipinski definition) is 5. The summed E-state index contributed by atoms with van der Waals surface area (Å²) in [5.41, 5.74) is 0.402. The Morgan fingerprint density at radius 3 is 2.59 bits per heavy atom. The Balaban J connectivity index is 1.47. The number of nitrogens with zero attached hydrogens (tertiary/aromatic N) is 3. The summed E-state index contributed by atoms with van der Waals surface area (Å²) >= 11 is 0. The van der Waals surface area contributed by atoms with Crippen molar-refractivity contribution < 1.29 is 14.6 Å². The molecule has 1 saturated heterocycles. The summed E-state index contributed by atoms with van der Waals surface area (Å²) in [4.78, 5) is 20.8. The van der Waals surface area contributed by atoms with Crippen LogP contribution in [-0.4, -0.2) is 65.7 Å². The molecule has 0 aromatic heterocycles. The molecular weight excluding hydrogens is 342 g/mol. The monoisotopic (exact) mass is 371 g/mol. The number of benzene rings is 1. The van der Waals surface area contributed by atoms with E-state index in [9.17, 15) is 9.90 Å². The lowest BCUT2D eigenvalue weighted by molar-refractivity contribution is -0.136. The van der Waals surface area contributed by atoms with Gasteiger partial charge in [0.2, 0.25) is 11.8 Å². The fourth-order valence-corrected chi connectivity index (χ4v) is 3.66. The Morgan fingerprint density at radius 1 is 1.30 bits per heavy atom. The quantitative estimate of drug-likeness (QED) is 0.863. The minimum atomic E-state index is -0.785. The van der Waals surface area contributed by atoms with Crippen molar-refractivity contribution in [2.75, 3.05) is 33.4 Å². The van der Waals surface area contributed by atoms with Gasteiger partial charge in [-0.05, 0) is 24.3 Å². The summed E-state index contributed by atoms with van der Waals surface area (Å²) in [7, 11) is 1.59. The summed E-state index contributed by atoms with van der Waals surface area (Å²) in [6.07, 6.45) is 5.39. The summed E-state index contributed by atoms with van der Waals surface area (Å²) in [5.74, 6) is 0.970. The molecule has 0 bridgehead atoms. The number of carbonyl (C=O) groups is 1. The van der Waals surface area contributed by atoms with Crippen molar-refractivity contribution in [1.82, 2.24) is 9.80 Å². The van der Waals surface area contributed by atoms with Crippen molar-refractivity contribution in [1.29, 1.82) is 0 Å². The van der Waals surface area contributed by atoms with Crippen molar-refractivity contribution >= 4 is 11.8 Å². The number of aliphatic imine (C=N–C) groups is 1. The molecule has 1 aromatic carbocycles. The highest BCUT2D eigenvalue weighted by Crippen LogP contribution is 2.26. The second-order valence-electron chi connectivity index (χ2n) is 7.53. The zero-order valence-corrected chi connectivity index (χ0v) is 16.2. The lowest BCUT2D eigenvalue weighted by atomic mass is 9.90. The molecule has 0 saturated carbocycles. The summed E-state index contributed by atoms with van der Waals surface area (Å²) in [6, 6.07) is 10.1. The molecule has 27 heavy (non-hydrogen) atoms. The third kappa shape index (κ3) is 5.10. The van der Waals surface area contributed by atoms with Crippen molar-refractivity contribution in [3.63, 3.8) is 0 Å². The van der Waals surface area contributed by atoms with Gasteiger partial charge in [-0.15, -0.1) is 0 Å². The molecular formula is C21H29N3O3. The van der Waals surface area contributed by atoms with E-state index < -0.39 is 5.60 Å². The van der Waals surface area contributed by atoms with E-state index in [1.54, 1.807) is 13.2 Å².